The van der Waals surface area contributed by atoms with E-state index in [9.17, 15) is 4.79 Å². The first-order valence-electron chi connectivity index (χ1n) is 7.56. The number of likely N-dealkylation sites (tertiary alicyclic amines) is 1. The highest BCUT2D eigenvalue weighted by Crippen LogP contribution is 2.58. The quantitative estimate of drug-likeness (QED) is 0.697. The average molecular weight is 249 g/mol. The van der Waals surface area contributed by atoms with E-state index in [-0.39, 0.29) is 5.41 Å². The third-order valence-corrected chi connectivity index (χ3v) is 5.85. The van der Waals surface area contributed by atoms with Crippen molar-refractivity contribution in [3.63, 3.8) is 0 Å². The molecular weight excluding hydrogens is 222 g/mol. The maximum Gasteiger partial charge on any atom is 0.228 e. The summed E-state index contributed by atoms with van der Waals surface area (Å²) in [6, 6.07) is 0. The zero-order chi connectivity index (χ0) is 13.2. The number of rotatable bonds is 1. The fraction of sp³-hybridized carbons (Fsp3) is 0.938. The minimum atomic E-state index is 0.0116. The number of hydrogen-bond donors (Lipinski definition) is 0. The summed E-state index contributed by atoms with van der Waals surface area (Å²) < 4.78 is 0. The highest BCUT2D eigenvalue weighted by Gasteiger charge is 2.57. The van der Waals surface area contributed by atoms with Gasteiger partial charge in [0, 0.05) is 18.5 Å². The summed E-state index contributed by atoms with van der Waals surface area (Å²) in [5.41, 5.74) is 0.816. The summed E-state index contributed by atoms with van der Waals surface area (Å²) >= 11 is 0. The monoisotopic (exact) mass is 249 g/mol. The van der Waals surface area contributed by atoms with Crippen LogP contribution < -0.4 is 0 Å². The summed E-state index contributed by atoms with van der Waals surface area (Å²) in [4.78, 5) is 14.8. The van der Waals surface area contributed by atoms with Crippen molar-refractivity contribution in [3.8, 4) is 0 Å². The van der Waals surface area contributed by atoms with Gasteiger partial charge in [0.1, 0.15) is 0 Å². The fourth-order valence-corrected chi connectivity index (χ4v) is 4.24. The van der Waals surface area contributed by atoms with Crippen LogP contribution in [0.3, 0.4) is 0 Å². The van der Waals surface area contributed by atoms with Crippen LogP contribution in [0.25, 0.3) is 0 Å². The van der Waals surface area contributed by atoms with Crippen LogP contribution in [0.5, 0.6) is 0 Å². The molecule has 1 saturated heterocycles. The maximum atomic E-state index is 12.6. The lowest BCUT2D eigenvalue weighted by atomic mass is 9.56. The van der Waals surface area contributed by atoms with E-state index in [0.717, 1.165) is 25.9 Å². The van der Waals surface area contributed by atoms with E-state index in [1.807, 2.05) is 0 Å². The van der Waals surface area contributed by atoms with Crippen molar-refractivity contribution in [1.29, 1.82) is 0 Å². The Morgan fingerprint density at radius 1 is 1.17 bits per heavy atom. The van der Waals surface area contributed by atoms with Gasteiger partial charge in [-0.1, -0.05) is 34.1 Å². The zero-order valence-electron chi connectivity index (χ0n) is 12.4. The second-order valence-corrected chi connectivity index (χ2v) is 8.38. The SMILES string of the molecule is CC1(C(=O)N2CC(C(C)(C)C)C3(CCC3)C2)CC1. The van der Waals surface area contributed by atoms with Gasteiger partial charge in [-0.2, -0.15) is 0 Å². The maximum absolute atomic E-state index is 12.6. The molecule has 0 radical (unpaired) electrons. The van der Waals surface area contributed by atoms with Crippen molar-refractivity contribution in [3.05, 3.63) is 0 Å². The number of nitrogens with zero attached hydrogens (tertiary/aromatic N) is 1. The Labute approximate surface area is 111 Å². The van der Waals surface area contributed by atoms with E-state index in [2.05, 4.69) is 32.6 Å². The Balaban J connectivity index is 1.79. The molecule has 1 heterocycles. The lowest BCUT2D eigenvalue weighted by Crippen LogP contribution is -2.43. The van der Waals surface area contributed by atoms with Gasteiger partial charge < -0.3 is 4.90 Å². The van der Waals surface area contributed by atoms with Gasteiger partial charge in [-0.05, 0) is 42.4 Å². The Kier molecular flexibility index (Phi) is 2.44. The predicted octanol–water partition coefficient (Wildman–Crippen LogP) is 3.46. The molecule has 3 rings (SSSR count). The molecular formula is C16H27NO. The molecule has 18 heavy (non-hydrogen) atoms. The van der Waals surface area contributed by atoms with Crippen molar-refractivity contribution >= 4 is 5.91 Å². The Morgan fingerprint density at radius 3 is 2.11 bits per heavy atom. The van der Waals surface area contributed by atoms with E-state index in [1.54, 1.807) is 0 Å². The lowest BCUT2D eigenvalue weighted by molar-refractivity contribution is -0.136. The van der Waals surface area contributed by atoms with Crippen LogP contribution in [0, 0.1) is 22.2 Å². The van der Waals surface area contributed by atoms with Gasteiger partial charge in [0.05, 0.1) is 0 Å². The van der Waals surface area contributed by atoms with Gasteiger partial charge in [0.2, 0.25) is 5.91 Å². The first kappa shape index (κ1) is 12.5. The average Bonchev–Trinajstić information content (AvgIpc) is 2.82. The fourth-order valence-electron chi connectivity index (χ4n) is 4.24. The van der Waals surface area contributed by atoms with Crippen LogP contribution in [0.15, 0.2) is 0 Å². The van der Waals surface area contributed by atoms with Crippen LogP contribution in [0.4, 0.5) is 0 Å². The molecule has 0 N–H and O–H groups in total. The summed E-state index contributed by atoms with van der Waals surface area (Å²) in [7, 11) is 0. The van der Waals surface area contributed by atoms with E-state index >= 15 is 0 Å². The second kappa shape index (κ2) is 3.52. The minimum absolute atomic E-state index is 0.0116. The van der Waals surface area contributed by atoms with E-state index in [0.29, 0.717) is 22.7 Å². The van der Waals surface area contributed by atoms with E-state index in [1.165, 1.54) is 19.3 Å². The van der Waals surface area contributed by atoms with Crippen molar-refractivity contribution < 1.29 is 4.79 Å². The van der Waals surface area contributed by atoms with Crippen molar-refractivity contribution in [2.75, 3.05) is 13.1 Å². The number of amides is 1. The predicted molar refractivity (Wildman–Crippen MR) is 73.2 cm³/mol. The Bertz CT molecular complexity index is 371. The van der Waals surface area contributed by atoms with Gasteiger partial charge in [-0.25, -0.2) is 0 Å². The summed E-state index contributed by atoms with van der Waals surface area (Å²) in [6.07, 6.45) is 6.27. The Hall–Kier alpha value is -0.530. The highest BCUT2D eigenvalue weighted by atomic mass is 16.2. The molecule has 2 nitrogen and oxygen atoms in total. The molecule has 102 valence electrons. The van der Waals surface area contributed by atoms with Gasteiger partial charge in [0.25, 0.3) is 0 Å². The van der Waals surface area contributed by atoms with Gasteiger partial charge in [-0.15, -0.1) is 0 Å². The number of hydrogen-bond acceptors (Lipinski definition) is 1. The number of carbonyl (C=O) groups excluding carboxylic acids is 1. The van der Waals surface area contributed by atoms with Crippen molar-refractivity contribution in [1.82, 2.24) is 4.90 Å². The van der Waals surface area contributed by atoms with E-state index in [4.69, 9.17) is 0 Å². The molecule has 1 amide bonds. The molecule has 2 saturated carbocycles. The molecule has 1 atom stereocenters. The summed E-state index contributed by atoms with van der Waals surface area (Å²) in [6.45, 7) is 11.3. The molecule has 1 aliphatic heterocycles. The normalized spacial score (nSPS) is 32.4. The molecule has 1 unspecified atom stereocenters. The molecule has 0 bridgehead atoms. The van der Waals surface area contributed by atoms with E-state index < -0.39 is 0 Å². The van der Waals surface area contributed by atoms with Crippen LogP contribution in [0.1, 0.15) is 59.8 Å². The largest absolute Gasteiger partial charge is 0.341 e. The minimum Gasteiger partial charge on any atom is -0.341 e. The molecule has 0 aromatic heterocycles. The lowest BCUT2D eigenvalue weighted by Gasteiger charge is -2.47. The standard InChI is InChI=1S/C16H27NO/c1-14(2,3)12-10-17(11-16(12)6-5-7-16)13(18)15(4)8-9-15/h12H,5-11H2,1-4H3. The third kappa shape index (κ3) is 1.71. The smallest absolute Gasteiger partial charge is 0.228 e. The van der Waals surface area contributed by atoms with Crippen molar-refractivity contribution in [2.24, 2.45) is 22.2 Å². The van der Waals surface area contributed by atoms with Gasteiger partial charge in [0.15, 0.2) is 0 Å². The molecule has 0 aromatic carbocycles. The first-order valence-corrected chi connectivity index (χ1v) is 7.56. The molecule has 0 aromatic rings. The van der Waals surface area contributed by atoms with Crippen molar-refractivity contribution in [2.45, 2.75) is 59.8 Å². The van der Waals surface area contributed by atoms with Gasteiger partial charge >= 0.3 is 0 Å². The third-order valence-electron chi connectivity index (χ3n) is 5.85. The van der Waals surface area contributed by atoms with Crippen LogP contribution in [-0.2, 0) is 4.79 Å². The summed E-state index contributed by atoms with van der Waals surface area (Å²) in [5.74, 6) is 1.14. The first-order chi connectivity index (χ1) is 8.27. The molecule has 3 fully saturated rings. The molecule has 3 aliphatic rings. The van der Waals surface area contributed by atoms with Crippen LogP contribution >= 0.6 is 0 Å². The molecule has 2 aliphatic carbocycles. The van der Waals surface area contributed by atoms with Crippen LogP contribution in [0.2, 0.25) is 0 Å². The number of carbonyl (C=O) groups is 1. The molecule has 1 spiro atoms. The topological polar surface area (TPSA) is 20.3 Å². The second-order valence-electron chi connectivity index (χ2n) is 8.38. The summed E-state index contributed by atoms with van der Waals surface area (Å²) in [5, 5.41) is 0. The highest BCUT2D eigenvalue weighted by molar-refractivity contribution is 5.85. The van der Waals surface area contributed by atoms with Crippen LogP contribution in [-0.4, -0.2) is 23.9 Å². The zero-order valence-corrected chi connectivity index (χ0v) is 12.4. The Morgan fingerprint density at radius 2 is 1.78 bits per heavy atom. The van der Waals surface area contributed by atoms with Gasteiger partial charge in [-0.3, -0.25) is 4.79 Å². The molecule has 2 heteroatoms.